The van der Waals surface area contributed by atoms with Gasteiger partial charge in [0.2, 0.25) is 0 Å². The highest BCUT2D eigenvalue weighted by Crippen LogP contribution is 2.35. The predicted molar refractivity (Wildman–Crippen MR) is 86.0 cm³/mol. The van der Waals surface area contributed by atoms with E-state index >= 15 is 0 Å². The second-order valence-corrected chi connectivity index (χ2v) is 6.14. The Hall–Kier alpha value is -1.00. The quantitative estimate of drug-likeness (QED) is 0.469. The molecular weight excluding hydrogens is 392 g/mol. The Morgan fingerprint density at radius 1 is 1.62 bits per heavy atom. The van der Waals surface area contributed by atoms with Crippen molar-refractivity contribution in [2.75, 3.05) is 25.1 Å². The van der Waals surface area contributed by atoms with E-state index in [4.69, 9.17) is 10.5 Å². The van der Waals surface area contributed by atoms with Crippen LogP contribution in [0, 0.1) is 19.5 Å². The Balaban J connectivity index is 2.40. The lowest BCUT2D eigenvalue weighted by atomic mass is 9.98. The third-order valence-corrected chi connectivity index (χ3v) is 4.62. The Bertz CT molecular complexity index is 544. The molecule has 0 aromatic heterocycles. The first-order valence-electron chi connectivity index (χ1n) is 6.60. The van der Waals surface area contributed by atoms with Crippen LogP contribution in [0.1, 0.15) is 12.8 Å². The number of nitrogens with zero attached hydrogens (tertiary/aromatic N) is 2. The minimum absolute atomic E-state index is 0.0857. The van der Waals surface area contributed by atoms with Crippen LogP contribution in [0.3, 0.4) is 0 Å². The van der Waals surface area contributed by atoms with Crippen LogP contribution in [0.4, 0.5) is 15.8 Å². The van der Waals surface area contributed by atoms with Crippen LogP contribution < -0.4 is 10.6 Å². The number of benzene rings is 1. The molecule has 2 N–H and O–H groups in total. The Morgan fingerprint density at radius 3 is 2.90 bits per heavy atom. The van der Waals surface area contributed by atoms with E-state index in [0.717, 1.165) is 6.42 Å². The summed E-state index contributed by atoms with van der Waals surface area (Å²) < 4.78 is 19.4. The number of rotatable bonds is 4. The van der Waals surface area contributed by atoms with E-state index in [1.165, 1.54) is 12.1 Å². The average Bonchev–Trinajstić information content (AvgIpc) is 2.48. The Morgan fingerprint density at radius 2 is 2.33 bits per heavy atom. The van der Waals surface area contributed by atoms with Crippen molar-refractivity contribution in [3.8, 4) is 0 Å². The van der Waals surface area contributed by atoms with Crippen molar-refractivity contribution < 1.29 is 14.1 Å². The lowest BCUT2D eigenvalue weighted by molar-refractivity contribution is -0.384. The largest absolute Gasteiger partial charge is 0.381 e. The summed E-state index contributed by atoms with van der Waals surface area (Å²) in [5, 5.41) is 11.2. The van der Waals surface area contributed by atoms with Crippen LogP contribution in [-0.4, -0.2) is 37.3 Å². The summed E-state index contributed by atoms with van der Waals surface area (Å²) in [5.41, 5.74) is 5.99. The van der Waals surface area contributed by atoms with Gasteiger partial charge in [-0.2, -0.15) is 0 Å². The molecular formula is C13H17FIN3O3. The molecule has 2 rings (SSSR count). The average molecular weight is 409 g/mol. The molecule has 1 aromatic carbocycles. The fourth-order valence-electron chi connectivity index (χ4n) is 2.67. The first-order chi connectivity index (χ1) is 9.97. The maximum absolute atomic E-state index is 13.8. The topological polar surface area (TPSA) is 81.6 Å². The number of hydrogen-bond acceptors (Lipinski definition) is 5. The number of nitro benzene ring substituents is 1. The molecule has 0 saturated carbocycles. The van der Waals surface area contributed by atoms with Gasteiger partial charge in [-0.3, -0.25) is 10.1 Å². The summed E-state index contributed by atoms with van der Waals surface area (Å²) in [5.74, 6) is -0.458. The summed E-state index contributed by atoms with van der Waals surface area (Å²) in [4.78, 5) is 12.6. The second-order valence-electron chi connectivity index (χ2n) is 4.98. The molecule has 6 nitrogen and oxygen atoms in total. The standard InChI is InChI=1S/C13H17FIN3O3/c1-21-9-2-3-17(8(4-9)7-16)12-5-10(14)11(15)6-13(12)18(19)20/h5-6,8-9H,2-4,7,16H2,1H3. The van der Waals surface area contributed by atoms with E-state index in [9.17, 15) is 14.5 Å². The van der Waals surface area contributed by atoms with Gasteiger partial charge in [-0.1, -0.05) is 0 Å². The Kier molecular flexibility index (Phi) is 5.33. The molecule has 0 radical (unpaired) electrons. The van der Waals surface area contributed by atoms with Crippen molar-refractivity contribution in [3.05, 3.63) is 31.6 Å². The van der Waals surface area contributed by atoms with Crippen LogP contribution in [0.15, 0.2) is 12.1 Å². The van der Waals surface area contributed by atoms with Crippen molar-refractivity contribution in [1.82, 2.24) is 0 Å². The number of halogens is 2. The van der Waals surface area contributed by atoms with E-state index < -0.39 is 10.7 Å². The first-order valence-corrected chi connectivity index (χ1v) is 7.68. The molecule has 1 fully saturated rings. The summed E-state index contributed by atoms with van der Waals surface area (Å²) in [6, 6.07) is 2.40. The van der Waals surface area contributed by atoms with Gasteiger partial charge in [0.25, 0.3) is 5.69 Å². The lowest BCUT2D eigenvalue weighted by Crippen LogP contribution is -2.49. The van der Waals surface area contributed by atoms with E-state index in [-0.39, 0.29) is 21.4 Å². The third kappa shape index (κ3) is 3.43. The third-order valence-electron chi connectivity index (χ3n) is 3.80. The molecule has 0 aliphatic carbocycles. The van der Waals surface area contributed by atoms with Crippen molar-refractivity contribution in [2.24, 2.45) is 5.73 Å². The van der Waals surface area contributed by atoms with Crippen molar-refractivity contribution in [1.29, 1.82) is 0 Å². The monoisotopic (exact) mass is 409 g/mol. The van der Waals surface area contributed by atoms with Crippen molar-refractivity contribution in [2.45, 2.75) is 25.0 Å². The Labute approximate surface area is 135 Å². The van der Waals surface area contributed by atoms with E-state index in [2.05, 4.69) is 0 Å². The fraction of sp³-hybridized carbons (Fsp3) is 0.538. The molecule has 1 saturated heterocycles. The molecule has 1 heterocycles. The highest BCUT2D eigenvalue weighted by molar-refractivity contribution is 14.1. The zero-order chi connectivity index (χ0) is 15.6. The zero-order valence-electron chi connectivity index (χ0n) is 11.6. The van der Waals surface area contributed by atoms with Gasteiger partial charge in [0, 0.05) is 38.4 Å². The second kappa shape index (κ2) is 6.84. The fourth-order valence-corrected chi connectivity index (χ4v) is 3.12. The minimum Gasteiger partial charge on any atom is -0.381 e. The maximum Gasteiger partial charge on any atom is 0.293 e. The predicted octanol–water partition coefficient (Wildman–Crippen LogP) is 2.28. The molecule has 0 bridgehead atoms. The maximum atomic E-state index is 13.8. The molecule has 1 aliphatic rings. The molecule has 1 aliphatic heterocycles. The van der Waals surface area contributed by atoms with Gasteiger partial charge in [0.1, 0.15) is 11.5 Å². The van der Waals surface area contributed by atoms with Crippen molar-refractivity contribution in [3.63, 3.8) is 0 Å². The summed E-state index contributed by atoms with van der Waals surface area (Å²) >= 11 is 1.75. The minimum atomic E-state index is -0.479. The van der Waals surface area contributed by atoms with Gasteiger partial charge >= 0.3 is 0 Å². The summed E-state index contributed by atoms with van der Waals surface area (Å²) in [6.07, 6.45) is 1.50. The molecule has 2 atom stereocenters. The SMILES string of the molecule is COC1CCN(c2cc(F)c(I)cc2[N+](=O)[O-])C(CN)C1. The van der Waals surface area contributed by atoms with Crippen LogP contribution in [0.25, 0.3) is 0 Å². The number of nitrogens with two attached hydrogens (primary N) is 1. The van der Waals surface area contributed by atoms with Gasteiger partial charge in [-0.15, -0.1) is 0 Å². The molecule has 0 amide bonds. The molecule has 2 unspecified atom stereocenters. The molecule has 0 spiro atoms. The number of piperidine rings is 1. The van der Waals surface area contributed by atoms with Gasteiger partial charge in [0.05, 0.1) is 14.6 Å². The highest BCUT2D eigenvalue weighted by atomic mass is 127. The van der Waals surface area contributed by atoms with Crippen LogP contribution >= 0.6 is 22.6 Å². The molecule has 1 aromatic rings. The highest BCUT2D eigenvalue weighted by Gasteiger charge is 2.32. The number of ether oxygens (including phenoxy) is 1. The van der Waals surface area contributed by atoms with E-state index in [0.29, 0.717) is 25.2 Å². The number of anilines is 1. The lowest BCUT2D eigenvalue weighted by Gasteiger charge is -2.39. The smallest absolute Gasteiger partial charge is 0.293 e. The normalized spacial score (nSPS) is 22.4. The summed E-state index contributed by atoms with van der Waals surface area (Å²) in [6.45, 7) is 0.895. The molecule has 21 heavy (non-hydrogen) atoms. The number of methoxy groups -OCH3 is 1. The van der Waals surface area contributed by atoms with Gasteiger partial charge < -0.3 is 15.4 Å². The number of hydrogen-bond donors (Lipinski definition) is 1. The van der Waals surface area contributed by atoms with E-state index in [1.54, 1.807) is 29.7 Å². The van der Waals surface area contributed by atoms with Gasteiger partial charge in [-0.05, 0) is 35.4 Å². The summed E-state index contributed by atoms with van der Waals surface area (Å²) in [7, 11) is 1.64. The molecule has 8 heteroatoms. The first kappa shape index (κ1) is 16.4. The van der Waals surface area contributed by atoms with Crippen molar-refractivity contribution >= 4 is 34.0 Å². The van der Waals surface area contributed by atoms with Crippen LogP contribution in [0.2, 0.25) is 0 Å². The molecule has 116 valence electrons. The zero-order valence-corrected chi connectivity index (χ0v) is 13.7. The van der Waals surface area contributed by atoms with Gasteiger partial charge in [-0.25, -0.2) is 4.39 Å². The number of nitro groups is 1. The van der Waals surface area contributed by atoms with Crippen LogP contribution in [-0.2, 0) is 4.74 Å². The van der Waals surface area contributed by atoms with Crippen LogP contribution in [0.5, 0.6) is 0 Å². The van der Waals surface area contributed by atoms with E-state index in [1.807, 2.05) is 4.90 Å². The van der Waals surface area contributed by atoms with Gasteiger partial charge in [0.15, 0.2) is 0 Å².